The maximum absolute atomic E-state index is 12.4. The smallest absolute Gasteiger partial charge is 0.325 e. The Kier molecular flexibility index (Phi) is 3.79. The summed E-state index contributed by atoms with van der Waals surface area (Å²) in [7, 11) is 0. The Labute approximate surface area is 129 Å². The van der Waals surface area contributed by atoms with Crippen LogP contribution in [0.3, 0.4) is 0 Å². The van der Waals surface area contributed by atoms with E-state index in [1.54, 1.807) is 0 Å². The molecule has 8 heteroatoms. The van der Waals surface area contributed by atoms with Crippen LogP contribution in [-0.4, -0.2) is 33.7 Å². The zero-order chi connectivity index (χ0) is 15.9. The van der Waals surface area contributed by atoms with Gasteiger partial charge in [0.25, 0.3) is 0 Å². The second kappa shape index (κ2) is 5.62. The Morgan fingerprint density at radius 1 is 1.27 bits per heavy atom. The summed E-state index contributed by atoms with van der Waals surface area (Å²) in [6, 6.07) is 1.20. The number of carbonyl (C=O) groups is 2. The van der Waals surface area contributed by atoms with Gasteiger partial charge in [-0.1, -0.05) is 11.3 Å². The summed E-state index contributed by atoms with van der Waals surface area (Å²) in [5, 5.41) is 23.1. The monoisotopic (exact) mass is 322 g/mol. The van der Waals surface area contributed by atoms with Gasteiger partial charge in [-0.25, -0.2) is 0 Å². The minimum Gasteiger partial charge on any atom is -0.393 e. The van der Waals surface area contributed by atoms with Gasteiger partial charge in [-0.3, -0.25) is 19.7 Å². The zero-order valence-electron chi connectivity index (χ0n) is 11.6. The highest BCUT2D eigenvalue weighted by Gasteiger charge is 2.32. The average molecular weight is 322 g/mol. The number of thiophene rings is 1. The number of hydrogen-bond donors (Lipinski definition) is 2. The van der Waals surface area contributed by atoms with E-state index in [1.807, 2.05) is 0 Å². The molecule has 116 valence electrons. The number of nitrogens with zero attached hydrogens (tertiary/aromatic N) is 1. The highest BCUT2D eigenvalue weighted by atomic mass is 32.1. The van der Waals surface area contributed by atoms with Crippen LogP contribution in [0.1, 0.15) is 45.7 Å². The molecule has 0 bridgehead atoms. The average Bonchev–Trinajstić information content (AvgIpc) is 2.93. The van der Waals surface area contributed by atoms with Crippen LogP contribution in [0.25, 0.3) is 0 Å². The standard InChI is InChI=1S/C14H14N2O5S/c17-8-3-1-7(2-4-8)15-10-6-11(18)14-9(13(10)19)5-12(22-14)16(20)21/h5-8,15,17H,1-4H2. The number of ketones is 2. The minimum absolute atomic E-state index is 0.0292. The lowest BCUT2D eigenvalue weighted by Gasteiger charge is -2.28. The molecule has 2 aliphatic carbocycles. The third-order valence-electron chi connectivity index (χ3n) is 3.94. The van der Waals surface area contributed by atoms with E-state index < -0.39 is 4.92 Å². The molecule has 1 aromatic rings. The van der Waals surface area contributed by atoms with E-state index in [0.29, 0.717) is 12.8 Å². The number of hydrogen-bond acceptors (Lipinski definition) is 7. The molecule has 1 aromatic heterocycles. The summed E-state index contributed by atoms with van der Waals surface area (Å²) in [6.07, 6.45) is 3.66. The van der Waals surface area contributed by atoms with E-state index in [4.69, 9.17) is 0 Å². The van der Waals surface area contributed by atoms with Crippen molar-refractivity contribution in [3.63, 3.8) is 0 Å². The Morgan fingerprint density at radius 3 is 2.59 bits per heavy atom. The first-order chi connectivity index (χ1) is 10.5. The van der Waals surface area contributed by atoms with Gasteiger partial charge >= 0.3 is 5.00 Å². The summed E-state index contributed by atoms with van der Waals surface area (Å²) in [4.78, 5) is 34.8. The summed E-state index contributed by atoms with van der Waals surface area (Å²) < 4.78 is 0. The predicted molar refractivity (Wildman–Crippen MR) is 79.1 cm³/mol. The van der Waals surface area contributed by atoms with Gasteiger partial charge in [0, 0.05) is 18.2 Å². The topological polar surface area (TPSA) is 110 Å². The van der Waals surface area contributed by atoms with Gasteiger partial charge in [-0.2, -0.15) is 0 Å². The first-order valence-corrected chi connectivity index (χ1v) is 7.81. The van der Waals surface area contributed by atoms with E-state index in [1.165, 1.54) is 12.1 Å². The highest BCUT2D eigenvalue weighted by Crippen LogP contribution is 2.33. The quantitative estimate of drug-likeness (QED) is 0.649. The lowest BCUT2D eigenvalue weighted by molar-refractivity contribution is -0.380. The number of nitrogens with one attached hydrogen (secondary N) is 1. The third kappa shape index (κ3) is 2.67. The molecule has 3 rings (SSSR count). The van der Waals surface area contributed by atoms with Crippen molar-refractivity contribution in [3.8, 4) is 0 Å². The van der Waals surface area contributed by atoms with E-state index in [9.17, 15) is 24.8 Å². The number of nitro groups is 1. The molecule has 2 N–H and O–H groups in total. The molecule has 0 aliphatic heterocycles. The van der Waals surface area contributed by atoms with Crippen molar-refractivity contribution < 1.29 is 19.6 Å². The zero-order valence-corrected chi connectivity index (χ0v) is 12.4. The molecular formula is C14H14N2O5S. The van der Waals surface area contributed by atoms with Crippen molar-refractivity contribution >= 4 is 27.9 Å². The van der Waals surface area contributed by atoms with Crippen LogP contribution in [0.4, 0.5) is 5.00 Å². The fourth-order valence-corrected chi connectivity index (χ4v) is 3.66. The molecule has 1 fully saturated rings. The van der Waals surface area contributed by atoms with Crippen LogP contribution in [0.15, 0.2) is 17.8 Å². The van der Waals surface area contributed by atoms with Crippen molar-refractivity contribution in [2.24, 2.45) is 0 Å². The Hall–Kier alpha value is -2.06. The van der Waals surface area contributed by atoms with Crippen LogP contribution in [-0.2, 0) is 0 Å². The van der Waals surface area contributed by atoms with Crippen molar-refractivity contribution in [3.05, 3.63) is 38.4 Å². The number of fused-ring (bicyclic) bond motifs is 1. The van der Waals surface area contributed by atoms with Gasteiger partial charge in [0.2, 0.25) is 5.78 Å². The van der Waals surface area contributed by atoms with Crippen LogP contribution in [0.2, 0.25) is 0 Å². The van der Waals surface area contributed by atoms with Crippen molar-refractivity contribution in [2.75, 3.05) is 0 Å². The van der Waals surface area contributed by atoms with E-state index in [2.05, 4.69) is 5.32 Å². The Balaban J connectivity index is 1.80. The lowest BCUT2D eigenvalue weighted by Crippen LogP contribution is -2.37. The Bertz CT molecular complexity index is 685. The number of rotatable bonds is 3. The second-order valence-electron chi connectivity index (χ2n) is 5.49. The fourth-order valence-electron chi connectivity index (χ4n) is 2.77. The Morgan fingerprint density at radius 2 is 1.95 bits per heavy atom. The second-order valence-corrected chi connectivity index (χ2v) is 6.52. The molecule has 0 unspecified atom stereocenters. The van der Waals surface area contributed by atoms with Crippen molar-refractivity contribution in [1.82, 2.24) is 5.32 Å². The SMILES string of the molecule is O=C1C(NC2CCC(O)CC2)=CC(=O)c2sc([N+](=O)[O-])cc21. The van der Waals surface area contributed by atoms with Gasteiger partial charge in [0.1, 0.15) is 0 Å². The number of aliphatic hydroxyl groups is 1. The van der Waals surface area contributed by atoms with Crippen LogP contribution >= 0.6 is 11.3 Å². The normalized spacial score (nSPS) is 24.7. The molecule has 0 spiro atoms. The molecule has 2 aliphatic rings. The van der Waals surface area contributed by atoms with Gasteiger partial charge < -0.3 is 10.4 Å². The summed E-state index contributed by atoms with van der Waals surface area (Å²) in [5.41, 5.74) is 0.286. The fraction of sp³-hybridized carbons (Fsp3) is 0.429. The highest BCUT2D eigenvalue weighted by molar-refractivity contribution is 7.17. The molecule has 0 aromatic carbocycles. The van der Waals surface area contributed by atoms with E-state index in [0.717, 1.165) is 24.2 Å². The molecule has 1 heterocycles. The van der Waals surface area contributed by atoms with Gasteiger partial charge in [0.15, 0.2) is 5.78 Å². The van der Waals surface area contributed by atoms with Crippen molar-refractivity contribution in [1.29, 1.82) is 0 Å². The predicted octanol–water partition coefficient (Wildman–Crippen LogP) is 1.81. The maximum atomic E-state index is 12.4. The maximum Gasteiger partial charge on any atom is 0.325 e. The number of carbonyl (C=O) groups excluding carboxylic acids is 2. The van der Waals surface area contributed by atoms with E-state index >= 15 is 0 Å². The largest absolute Gasteiger partial charge is 0.393 e. The van der Waals surface area contributed by atoms with Gasteiger partial charge in [0.05, 0.1) is 27.2 Å². The number of Topliss-reactive ketones (excluding diaryl/α,β-unsaturated/α-hetero) is 1. The number of allylic oxidation sites excluding steroid dienone is 2. The van der Waals surface area contributed by atoms with Crippen LogP contribution < -0.4 is 5.32 Å². The molecule has 0 amide bonds. The summed E-state index contributed by atoms with van der Waals surface area (Å²) in [5.74, 6) is -0.767. The number of aliphatic hydroxyl groups excluding tert-OH is 1. The van der Waals surface area contributed by atoms with Gasteiger partial charge in [-0.15, -0.1) is 0 Å². The van der Waals surface area contributed by atoms with E-state index in [-0.39, 0.29) is 44.9 Å². The van der Waals surface area contributed by atoms with Gasteiger partial charge in [-0.05, 0) is 25.7 Å². The molecule has 0 atom stereocenters. The first-order valence-electron chi connectivity index (χ1n) is 6.99. The summed E-state index contributed by atoms with van der Waals surface area (Å²) >= 11 is 0.729. The van der Waals surface area contributed by atoms with Crippen molar-refractivity contribution in [2.45, 2.75) is 37.8 Å². The first kappa shape index (κ1) is 14.9. The third-order valence-corrected chi connectivity index (χ3v) is 5.05. The molecule has 0 saturated heterocycles. The molecular weight excluding hydrogens is 308 g/mol. The molecule has 7 nitrogen and oxygen atoms in total. The van der Waals surface area contributed by atoms with Crippen LogP contribution in [0.5, 0.6) is 0 Å². The molecule has 1 saturated carbocycles. The minimum atomic E-state index is -0.598. The summed E-state index contributed by atoms with van der Waals surface area (Å²) in [6.45, 7) is 0. The molecule has 0 radical (unpaired) electrons. The van der Waals surface area contributed by atoms with Crippen LogP contribution in [0, 0.1) is 10.1 Å². The molecule has 22 heavy (non-hydrogen) atoms. The lowest BCUT2D eigenvalue weighted by atomic mass is 9.92.